The Labute approximate surface area is 201 Å². The number of aliphatic imine (C=N–C) groups is 1. The third-order valence-corrected chi connectivity index (χ3v) is 5.43. The van der Waals surface area contributed by atoms with E-state index < -0.39 is 0 Å². The van der Waals surface area contributed by atoms with Crippen molar-refractivity contribution in [1.82, 2.24) is 15.5 Å². The number of likely N-dealkylation sites (N-methyl/N-ethyl adjacent to an activating group) is 1. The molecule has 8 heteroatoms. The van der Waals surface area contributed by atoms with Crippen LogP contribution in [0, 0.1) is 0 Å². The number of hydrogen-bond acceptors (Lipinski definition) is 4. The van der Waals surface area contributed by atoms with Gasteiger partial charge in [0.25, 0.3) is 0 Å². The summed E-state index contributed by atoms with van der Waals surface area (Å²) in [5.41, 5.74) is 3.17. The molecule has 0 spiro atoms. The van der Waals surface area contributed by atoms with Crippen LogP contribution in [-0.4, -0.2) is 58.1 Å². The number of hydrogen-bond donors (Lipinski definition) is 3. The van der Waals surface area contributed by atoms with Crippen molar-refractivity contribution in [2.24, 2.45) is 4.99 Å². The van der Waals surface area contributed by atoms with Gasteiger partial charge in [0.2, 0.25) is 5.91 Å². The van der Waals surface area contributed by atoms with E-state index in [2.05, 4.69) is 38.0 Å². The molecule has 0 fully saturated rings. The van der Waals surface area contributed by atoms with Crippen molar-refractivity contribution >= 4 is 41.5 Å². The Kier molecular flexibility index (Phi) is 9.57. The molecule has 1 heterocycles. The fourth-order valence-electron chi connectivity index (χ4n) is 3.83. The van der Waals surface area contributed by atoms with Crippen molar-refractivity contribution in [3.05, 3.63) is 59.7 Å². The lowest BCUT2D eigenvalue weighted by Gasteiger charge is -2.28. The van der Waals surface area contributed by atoms with Crippen LogP contribution >= 0.6 is 24.0 Å². The maximum Gasteiger partial charge on any atom is 0.225 e. The van der Waals surface area contributed by atoms with Crippen molar-refractivity contribution in [1.29, 1.82) is 0 Å². The zero-order valence-electron chi connectivity index (χ0n) is 18.5. The number of benzene rings is 2. The second-order valence-corrected chi connectivity index (χ2v) is 7.59. The SMILES string of the molecule is CN=C(NCC1CC(=O)Nc2ccccc21)NCC(c1ccccc1OC)N(C)C.I. The highest BCUT2D eigenvalue weighted by molar-refractivity contribution is 14.0. The predicted octanol–water partition coefficient (Wildman–Crippen LogP) is 3.21. The predicted molar refractivity (Wildman–Crippen MR) is 137 cm³/mol. The summed E-state index contributed by atoms with van der Waals surface area (Å²) in [4.78, 5) is 18.6. The number of carbonyl (C=O) groups excluding carboxylic acids is 1. The fraction of sp³-hybridized carbons (Fsp3) is 0.391. The molecule has 2 unspecified atom stereocenters. The average Bonchev–Trinajstić information content (AvgIpc) is 2.75. The van der Waals surface area contributed by atoms with E-state index in [4.69, 9.17) is 4.74 Å². The van der Waals surface area contributed by atoms with E-state index >= 15 is 0 Å². The second kappa shape index (κ2) is 11.9. The van der Waals surface area contributed by atoms with Gasteiger partial charge in [0.1, 0.15) is 5.75 Å². The van der Waals surface area contributed by atoms with Gasteiger partial charge in [0.05, 0.1) is 13.2 Å². The Morgan fingerprint density at radius 3 is 2.61 bits per heavy atom. The first-order valence-electron chi connectivity index (χ1n) is 10.2. The second-order valence-electron chi connectivity index (χ2n) is 7.59. The quantitative estimate of drug-likeness (QED) is 0.287. The van der Waals surface area contributed by atoms with Gasteiger partial charge in [-0.2, -0.15) is 0 Å². The van der Waals surface area contributed by atoms with E-state index in [0.29, 0.717) is 25.5 Å². The number of nitrogens with zero attached hydrogens (tertiary/aromatic N) is 2. The van der Waals surface area contributed by atoms with Crippen molar-refractivity contribution in [2.75, 3.05) is 46.7 Å². The highest BCUT2D eigenvalue weighted by Crippen LogP contribution is 2.31. The molecule has 0 saturated carbocycles. The first-order chi connectivity index (χ1) is 14.5. The summed E-state index contributed by atoms with van der Waals surface area (Å²) in [6.45, 7) is 1.29. The Hall–Kier alpha value is -2.33. The van der Waals surface area contributed by atoms with Gasteiger partial charge in [0, 0.05) is 43.7 Å². The maximum atomic E-state index is 12.1. The molecular weight excluding hydrogens is 505 g/mol. The van der Waals surface area contributed by atoms with Crippen LogP contribution < -0.4 is 20.7 Å². The molecule has 2 atom stereocenters. The first kappa shape index (κ1) is 24.9. The third-order valence-electron chi connectivity index (χ3n) is 5.43. The molecule has 1 amide bonds. The summed E-state index contributed by atoms with van der Waals surface area (Å²) >= 11 is 0. The van der Waals surface area contributed by atoms with E-state index in [1.807, 2.05) is 50.5 Å². The summed E-state index contributed by atoms with van der Waals surface area (Å²) in [6, 6.07) is 16.1. The number of carbonyl (C=O) groups is 1. The lowest BCUT2D eigenvalue weighted by atomic mass is 9.90. The number of amides is 1. The van der Waals surface area contributed by atoms with Crippen LogP contribution in [0.3, 0.4) is 0 Å². The molecule has 0 bridgehead atoms. The van der Waals surface area contributed by atoms with Crippen LogP contribution in [-0.2, 0) is 4.79 Å². The highest BCUT2D eigenvalue weighted by atomic mass is 127. The van der Waals surface area contributed by atoms with Gasteiger partial charge in [-0.3, -0.25) is 9.79 Å². The van der Waals surface area contributed by atoms with Crippen LogP contribution in [0.2, 0.25) is 0 Å². The minimum Gasteiger partial charge on any atom is -0.496 e. The molecule has 2 aromatic rings. The molecule has 168 valence electrons. The number of halogens is 1. The van der Waals surface area contributed by atoms with Crippen molar-refractivity contribution in [2.45, 2.75) is 18.4 Å². The highest BCUT2D eigenvalue weighted by Gasteiger charge is 2.25. The lowest BCUT2D eigenvalue weighted by Crippen LogP contribution is -2.43. The zero-order chi connectivity index (χ0) is 21.5. The number of anilines is 1. The summed E-state index contributed by atoms with van der Waals surface area (Å²) in [5.74, 6) is 1.73. The smallest absolute Gasteiger partial charge is 0.225 e. The maximum absolute atomic E-state index is 12.1. The number of methoxy groups -OCH3 is 1. The number of guanidine groups is 1. The van der Waals surface area contributed by atoms with Gasteiger partial charge >= 0.3 is 0 Å². The number of para-hydroxylation sites is 2. The van der Waals surface area contributed by atoms with Gasteiger partial charge in [-0.05, 0) is 31.8 Å². The molecule has 1 aliphatic rings. The number of nitrogens with one attached hydrogen (secondary N) is 3. The molecule has 0 aromatic heterocycles. The molecule has 3 N–H and O–H groups in total. The van der Waals surface area contributed by atoms with Crippen molar-refractivity contribution < 1.29 is 9.53 Å². The van der Waals surface area contributed by atoms with Gasteiger partial charge in [-0.25, -0.2) is 0 Å². The Morgan fingerprint density at radius 2 is 1.90 bits per heavy atom. The average molecular weight is 537 g/mol. The molecule has 0 aliphatic carbocycles. The van der Waals surface area contributed by atoms with E-state index in [-0.39, 0.29) is 41.8 Å². The minimum absolute atomic E-state index is 0. The molecule has 1 aliphatic heterocycles. The Morgan fingerprint density at radius 1 is 1.19 bits per heavy atom. The van der Waals surface area contributed by atoms with E-state index in [9.17, 15) is 4.79 Å². The van der Waals surface area contributed by atoms with Crippen LogP contribution in [0.5, 0.6) is 5.75 Å². The molecule has 0 saturated heterocycles. The monoisotopic (exact) mass is 537 g/mol. The largest absolute Gasteiger partial charge is 0.496 e. The van der Waals surface area contributed by atoms with Crippen LogP contribution in [0.4, 0.5) is 5.69 Å². The number of rotatable bonds is 7. The first-order valence-corrected chi connectivity index (χ1v) is 10.2. The van der Waals surface area contributed by atoms with Gasteiger partial charge in [0.15, 0.2) is 5.96 Å². The normalized spacial score (nSPS) is 16.6. The van der Waals surface area contributed by atoms with E-state index in [1.54, 1.807) is 14.2 Å². The molecule has 31 heavy (non-hydrogen) atoms. The minimum atomic E-state index is 0. The molecule has 3 rings (SSSR count). The molecule has 7 nitrogen and oxygen atoms in total. The van der Waals surface area contributed by atoms with Gasteiger partial charge in [-0.15, -0.1) is 24.0 Å². The fourth-order valence-corrected chi connectivity index (χ4v) is 3.83. The summed E-state index contributed by atoms with van der Waals surface area (Å²) in [6.07, 6.45) is 0.461. The standard InChI is InChI=1S/C23H31N5O2.HI/c1-24-23(25-14-16-13-22(29)27-19-11-7-5-9-17(16)19)26-15-20(28(2)3)18-10-6-8-12-21(18)30-4;/h5-12,16,20H,13-15H2,1-4H3,(H,27,29)(H2,24,25,26);1H. The van der Waals surface area contributed by atoms with Crippen LogP contribution in [0.1, 0.15) is 29.5 Å². The van der Waals surface area contributed by atoms with Gasteiger partial charge < -0.3 is 25.6 Å². The van der Waals surface area contributed by atoms with E-state index in [0.717, 1.165) is 22.6 Å². The van der Waals surface area contributed by atoms with Gasteiger partial charge in [-0.1, -0.05) is 36.4 Å². The summed E-state index contributed by atoms with van der Waals surface area (Å²) in [7, 11) is 7.54. The third kappa shape index (κ3) is 6.33. The summed E-state index contributed by atoms with van der Waals surface area (Å²) < 4.78 is 5.54. The molecular formula is C23H32IN5O2. The van der Waals surface area contributed by atoms with Crippen LogP contribution in [0.25, 0.3) is 0 Å². The Balaban J connectivity index is 0.00000341. The van der Waals surface area contributed by atoms with Crippen molar-refractivity contribution in [3.8, 4) is 5.75 Å². The topological polar surface area (TPSA) is 78.0 Å². The summed E-state index contributed by atoms with van der Waals surface area (Å²) in [5, 5.41) is 9.74. The van der Waals surface area contributed by atoms with E-state index in [1.165, 1.54) is 0 Å². The molecule has 2 aromatic carbocycles. The zero-order valence-corrected chi connectivity index (χ0v) is 20.8. The number of ether oxygens (including phenoxy) is 1. The van der Waals surface area contributed by atoms with Crippen molar-refractivity contribution in [3.63, 3.8) is 0 Å². The Bertz CT molecular complexity index is 903. The number of fused-ring (bicyclic) bond motifs is 1. The lowest BCUT2D eigenvalue weighted by molar-refractivity contribution is -0.116. The van der Waals surface area contributed by atoms with Crippen LogP contribution in [0.15, 0.2) is 53.5 Å². The molecule has 0 radical (unpaired) electrons.